The van der Waals surface area contributed by atoms with Crippen LogP contribution in [0.2, 0.25) is 0 Å². The monoisotopic (exact) mass is 112 g/mol. The zero-order chi connectivity index (χ0) is 5.98. The molecule has 0 spiro atoms. The molecule has 3 heteroatoms. The number of rotatable bonds is 1. The topological polar surface area (TPSA) is 24.5 Å². The van der Waals surface area contributed by atoms with Gasteiger partial charge in [0.25, 0.3) is 0 Å². The predicted molar refractivity (Wildman–Crippen MR) is 29.2 cm³/mol. The molecular weight excluding hydrogens is 104 g/mol. The lowest BCUT2D eigenvalue weighted by molar-refractivity contribution is 0.281. The van der Waals surface area contributed by atoms with Gasteiger partial charge in [-0.1, -0.05) is 0 Å². The van der Waals surface area contributed by atoms with Crippen molar-refractivity contribution in [1.29, 1.82) is 0 Å². The summed E-state index contributed by atoms with van der Waals surface area (Å²) in [7, 11) is 3.46. The van der Waals surface area contributed by atoms with Crippen LogP contribution in [0, 0.1) is 6.54 Å². The zero-order valence-corrected chi connectivity index (χ0v) is 4.93. The lowest BCUT2D eigenvalue weighted by Gasteiger charge is -2.04. The highest BCUT2D eigenvalue weighted by atomic mass is 16.5. The van der Waals surface area contributed by atoms with E-state index < -0.39 is 0 Å². The van der Waals surface area contributed by atoms with E-state index in [1.807, 2.05) is 7.05 Å². The maximum Gasteiger partial charge on any atom is 0.158 e. The Balaban J connectivity index is 2.37. The molecule has 3 nitrogen and oxygen atoms in total. The molecule has 1 rings (SSSR count). The van der Waals surface area contributed by atoms with Crippen molar-refractivity contribution >= 4 is 0 Å². The van der Waals surface area contributed by atoms with Crippen molar-refractivity contribution in [2.24, 2.45) is 0 Å². The van der Waals surface area contributed by atoms with E-state index in [1.54, 1.807) is 18.3 Å². The van der Waals surface area contributed by atoms with E-state index in [9.17, 15) is 0 Å². The summed E-state index contributed by atoms with van der Waals surface area (Å²) in [6.45, 7) is 2.86. The number of nitrogens with one attached hydrogen (secondary N) is 1. The van der Waals surface area contributed by atoms with E-state index >= 15 is 0 Å². The van der Waals surface area contributed by atoms with Crippen molar-refractivity contribution < 1.29 is 4.74 Å². The Hall–Kier alpha value is -0.700. The molecule has 1 N–H and O–H groups in total. The first-order valence-electron chi connectivity index (χ1n) is 2.33. The number of methoxy groups -OCH3 is 1. The number of hydrogen-bond acceptors (Lipinski definition) is 3. The van der Waals surface area contributed by atoms with Crippen LogP contribution in [0.25, 0.3) is 0 Å². The van der Waals surface area contributed by atoms with Crippen molar-refractivity contribution in [3.63, 3.8) is 0 Å². The van der Waals surface area contributed by atoms with Crippen LogP contribution in [-0.4, -0.2) is 19.2 Å². The van der Waals surface area contributed by atoms with E-state index in [1.165, 1.54) is 0 Å². The molecule has 0 fully saturated rings. The Morgan fingerprint density at radius 1 is 1.88 bits per heavy atom. The van der Waals surface area contributed by atoms with Crippen LogP contribution in [0.15, 0.2) is 12.0 Å². The molecule has 0 bridgehead atoms. The molecule has 1 aliphatic heterocycles. The highest BCUT2D eigenvalue weighted by molar-refractivity contribution is 5.07. The van der Waals surface area contributed by atoms with Crippen LogP contribution in [0.4, 0.5) is 0 Å². The lowest BCUT2D eigenvalue weighted by atomic mass is 10.5. The van der Waals surface area contributed by atoms with E-state index in [4.69, 9.17) is 4.74 Å². The highest BCUT2D eigenvalue weighted by Crippen LogP contribution is 2.06. The first-order valence-corrected chi connectivity index (χ1v) is 2.33. The third-order valence-electron chi connectivity index (χ3n) is 0.887. The summed E-state index contributed by atoms with van der Waals surface area (Å²) in [6, 6.07) is 0. The molecule has 0 aromatic carbocycles. The Morgan fingerprint density at radius 2 is 2.62 bits per heavy atom. The van der Waals surface area contributed by atoms with Gasteiger partial charge in [0.1, 0.15) is 5.76 Å². The number of nitrogens with zero attached hydrogens (tertiary/aromatic N) is 1. The average molecular weight is 112 g/mol. The van der Waals surface area contributed by atoms with Gasteiger partial charge in [0.2, 0.25) is 0 Å². The summed E-state index contributed by atoms with van der Waals surface area (Å²) in [5.74, 6) is 0.729. The third-order valence-corrected chi connectivity index (χ3v) is 0.887. The van der Waals surface area contributed by atoms with E-state index in [2.05, 4.69) is 12.0 Å². The van der Waals surface area contributed by atoms with Crippen LogP contribution in [0.3, 0.4) is 0 Å². The molecule has 1 heterocycles. The van der Waals surface area contributed by atoms with Gasteiger partial charge in [-0.15, -0.1) is 0 Å². The van der Waals surface area contributed by atoms with Gasteiger partial charge in [-0.05, 0) is 0 Å². The van der Waals surface area contributed by atoms with Crippen molar-refractivity contribution in [3.05, 3.63) is 18.5 Å². The molecule has 0 unspecified atom stereocenters. The van der Waals surface area contributed by atoms with Crippen molar-refractivity contribution in [3.8, 4) is 0 Å². The number of likely N-dealkylation sites (N-methyl/N-ethyl adjacent to an activating group) is 1. The standard InChI is InChI=1S/C5H8N2O/c1-7-4-5(8-2)3-6-7/h3,6H,1-2H3. The Kier molecular flexibility index (Phi) is 1.39. The largest absolute Gasteiger partial charge is 0.497 e. The van der Waals surface area contributed by atoms with E-state index in [-0.39, 0.29) is 0 Å². The van der Waals surface area contributed by atoms with Gasteiger partial charge in [0.05, 0.1) is 13.3 Å². The summed E-state index contributed by atoms with van der Waals surface area (Å²) in [4.78, 5) is 0. The normalized spacial score (nSPS) is 20.0. The summed E-state index contributed by atoms with van der Waals surface area (Å²) in [6.07, 6.45) is 1.74. The second-order valence-corrected chi connectivity index (χ2v) is 1.51. The van der Waals surface area contributed by atoms with Crippen molar-refractivity contribution in [2.75, 3.05) is 14.2 Å². The molecule has 0 saturated heterocycles. The Bertz CT molecular complexity index is 111. The van der Waals surface area contributed by atoms with Gasteiger partial charge in [0, 0.05) is 7.05 Å². The molecule has 0 aromatic rings. The summed E-state index contributed by atoms with van der Waals surface area (Å²) < 4.78 is 4.83. The summed E-state index contributed by atoms with van der Waals surface area (Å²) >= 11 is 0. The van der Waals surface area contributed by atoms with Gasteiger partial charge in [-0.25, -0.2) is 5.01 Å². The molecule has 0 amide bonds. The summed E-state index contributed by atoms with van der Waals surface area (Å²) in [5.41, 5.74) is 2.86. The SMILES string of the molecule is COC1=CNN(C)[C]1. The second kappa shape index (κ2) is 2.05. The van der Waals surface area contributed by atoms with Gasteiger partial charge >= 0.3 is 0 Å². The quantitative estimate of drug-likeness (QED) is 0.515. The average Bonchev–Trinajstić information content (AvgIpc) is 2.14. The zero-order valence-electron chi connectivity index (χ0n) is 4.93. The molecule has 8 heavy (non-hydrogen) atoms. The van der Waals surface area contributed by atoms with E-state index in [0.29, 0.717) is 0 Å². The molecule has 2 radical (unpaired) electrons. The minimum absolute atomic E-state index is 0.729. The lowest BCUT2D eigenvalue weighted by Crippen LogP contribution is -2.21. The minimum atomic E-state index is 0.729. The molecule has 0 saturated carbocycles. The smallest absolute Gasteiger partial charge is 0.158 e. The van der Waals surface area contributed by atoms with Gasteiger partial charge in [-0.2, -0.15) is 0 Å². The number of ether oxygens (including phenoxy) is 1. The first-order chi connectivity index (χ1) is 3.83. The van der Waals surface area contributed by atoms with Crippen LogP contribution in [0.5, 0.6) is 0 Å². The molecule has 0 aliphatic carbocycles. The van der Waals surface area contributed by atoms with Gasteiger partial charge in [0.15, 0.2) is 6.54 Å². The number of hydrazine groups is 1. The van der Waals surface area contributed by atoms with E-state index in [0.717, 1.165) is 5.76 Å². The first kappa shape index (κ1) is 5.44. The fourth-order valence-corrected chi connectivity index (χ4v) is 0.490. The second-order valence-electron chi connectivity index (χ2n) is 1.51. The van der Waals surface area contributed by atoms with Gasteiger partial charge < -0.3 is 10.2 Å². The van der Waals surface area contributed by atoms with Crippen molar-refractivity contribution in [1.82, 2.24) is 10.4 Å². The van der Waals surface area contributed by atoms with Crippen LogP contribution >= 0.6 is 0 Å². The van der Waals surface area contributed by atoms with Crippen LogP contribution < -0.4 is 5.43 Å². The predicted octanol–water partition coefficient (Wildman–Crippen LogP) is -0.0370. The molecular formula is C5H8N2O. The fraction of sp³-hybridized carbons (Fsp3) is 0.400. The molecule has 1 aliphatic rings. The maximum atomic E-state index is 4.83. The number of hydrogen-bond donors (Lipinski definition) is 1. The summed E-state index contributed by atoms with van der Waals surface area (Å²) in [5, 5.41) is 1.69. The Labute approximate surface area is 48.9 Å². The highest BCUT2D eigenvalue weighted by Gasteiger charge is 2.09. The molecule has 0 aromatic heterocycles. The Morgan fingerprint density at radius 3 is 2.88 bits per heavy atom. The molecule has 44 valence electrons. The van der Waals surface area contributed by atoms with Crippen molar-refractivity contribution in [2.45, 2.75) is 0 Å². The van der Waals surface area contributed by atoms with Crippen LogP contribution in [0.1, 0.15) is 0 Å². The minimum Gasteiger partial charge on any atom is -0.497 e. The van der Waals surface area contributed by atoms with Gasteiger partial charge in [-0.3, -0.25) is 0 Å². The molecule has 0 atom stereocenters. The maximum absolute atomic E-state index is 4.83. The van der Waals surface area contributed by atoms with Crippen LogP contribution in [-0.2, 0) is 4.74 Å². The third kappa shape index (κ3) is 0.924. The fourth-order valence-electron chi connectivity index (χ4n) is 0.490.